The lowest BCUT2D eigenvalue weighted by atomic mass is 10.2. The molecular formula is C20H36IN5O2. The van der Waals surface area contributed by atoms with Gasteiger partial charge in [0.1, 0.15) is 0 Å². The highest BCUT2D eigenvalue weighted by Gasteiger charge is 2.11. The minimum Gasteiger partial charge on any atom is -0.493 e. The van der Waals surface area contributed by atoms with E-state index < -0.39 is 0 Å². The number of benzene rings is 1. The third kappa shape index (κ3) is 8.40. The first kappa shape index (κ1) is 24.8. The van der Waals surface area contributed by atoms with Crippen molar-refractivity contribution in [1.82, 2.24) is 15.1 Å². The largest absolute Gasteiger partial charge is 0.493 e. The van der Waals surface area contributed by atoms with E-state index in [1.165, 1.54) is 19.5 Å². The van der Waals surface area contributed by atoms with Crippen LogP contribution in [0, 0.1) is 0 Å². The van der Waals surface area contributed by atoms with Crippen LogP contribution < -0.4 is 20.1 Å². The van der Waals surface area contributed by atoms with Gasteiger partial charge in [-0.05, 0) is 58.6 Å². The van der Waals surface area contributed by atoms with E-state index in [1.54, 1.807) is 14.2 Å². The summed E-state index contributed by atoms with van der Waals surface area (Å²) in [7, 11) is 5.64. The van der Waals surface area contributed by atoms with E-state index in [9.17, 15) is 0 Å². The monoisotopic (exact) mass is 505 g/mol. The van der Waals surface area contributed by atoms with Gasteiger partial charge in [0.15, 0.2) is 17.5 Å². The fraction of sp³-hybridized carbons (Fsp3) is 0.650. The van der Waals surface area contributed by atoms with E-state index in [0.717, 1.165) is 55.7 Å². The molecule has 2 N–H and O–H groups in total. The van der Waals surface area contributed by atoms with Gasteiger partial charge in [0.25, 0.3) is 0 Å². The van der Waals surface area contributed by atoms with Crippen LogP contribution >= 0.6 is 24.0 Å². The molecule has 1 aromatic rings. The number of anilines is 1. The van der Waals surface area contributed by atoms with Crippen molar-refractivity contribution in [3.63, 3.8) is 0 Å². The average molecular weight is 505 g/mol. The van der Waals surface area contributed by atoms with Crippen LogP contribution in [0.5, 0.6) is 11.5 Å². The molecule has 28 heavy (non-hydrogen) atoms. The summed E-state index contributed by atoms with van der Waals surface area (Å²) < 4.78 is 11.0. The number of hydrogen-bond donors (Lipinski definition) is 2. The Hall–Kier alpha value is -1.26. The van der Waals surface area contributed by atoms with Crippen LogP contribution in [-0.4, -0.2) is 82.8 Å². The minimum atomic E-state index is 0. The van der Waals surface area contributed by atoms with Crippen LogP contribution in [0.25, 0.3) is 0 Å². The van der Waals surface area contributed by atoms with Crippen LogP contribution in [0.4, 0.5) is 5.69 Å². The first-order valence-electron chi connectivity index (χ1n) is 9.85. The van der Waals surface area contributed by atoms with Gasteiger partial charge in [-0.2, -0.15) is 0 Å². The van der Waals surface area contributed by atoms with Crippen LogP contribution in [0.3, 0.4) is 0 Å². The number of nitrogens with one attached hydrogen (secondary N) is 2. The number of likely N-dealkylation sites (N-methyl/N-ethyl adjacent to an activating group) is 1. The summed E-state index contributed by atoms with van der Waals surface area (Å²) in [4.78, 5) is 9.28. The van der Waals surface area contributed by atoms with Gasteiger partial charge < -0.3 is 29.9 Å². The van der Waals surface area contributed by atoms with Crippen molar-refractivity contribution in [1.29, 1.82) is 0 Å². The molecule has 2 rings (SSSR count). The fourth-order valence-electron chi connectivity index (χ4n) is 3.17. The summed E-state index contributed by atoms with van der Waals surface area (Å²) in [5.41, 5.74) is 0.919. The number of ether oxygens (including phenoxy) is 2. The minimum absolute atomic E-state index is 0. The molecule has 8 heteroatoms. The van der Waals surface area contributed by atoms with E-state index in [1.807, 2.05) is 25.1 Å². The van der Waals surface area contributed by atoms with Crippen LogP contribution in [-0.2, 0) is 0 Å². The summed E-state index contributed by atoms with van der Waals surface area (Å²) in [5, 5.41) is 6.71. The second-order valence-corrected chi connectivity index (χ2v) is 6.77. The lowest BCUT2D eigenvalue weighted by Gasteiger charge is -2.20. The topological polar surface area (TPSA) is 61.4 Å². The third-order valence-corrected chi connectivity index (χ3v) is 4.71. The Morgan fingerprint density at radius 2 is 2.00 bits per heavy atom. The van der Waals surface area contributed by atoms with Gasteiger partial charge in [-0.25, -0.2) is 0 Å². The van der Waals surface area contributed by atoms with Gasteiger partial charge in [0.2, 0.25) is 0 Å². The number of methoxy groups -OCH3 is 1. The molecule has 0 saturated carbocycles. The first-order chi connectivity index (χ1) is 13.2. The fourth-order valence-corrected chi connectivity index (χ4v) is 3.17. The predicted octanol–water partition coefficient (Wildman–Crippen LogP) is 2.73. The van der Waals surface area contributed by atoms with Crippen molar-refractivity contribution < 1.29 is 9.47 Å². The quantitative estimate of drug-likeness (QED) is 0.245. The van der Waals surface area contributed by atoms with Crippen LogP contribution in [0.15, 0.2) is 23.2 Å². The molecule has 7 nitrogen and oxygen atoms in total. The average Bonchev–Trinajstić information content (AvgIpc) is 2.89. The third-order valence-electron chi connectivity index (χ3n) is 4.71. The molecule has 0 bridgehead atoms. The summed E-state index contributed by atoms with van der Waals surface area (Å²) in [6, 6.07) is 5.79. The maximum atomic E-state index is 5.63. The molecule has 0 aromatic heterocycles. The Balaban J connectivity index is 0.00000392. The number of guanidine groups is 1. The second kappa shape index (κ2) is 13.8. The van der Waals surface area contributed by atoms with Crippen molar-refractivity contribution in [3.05, 3.63) is 18.2 Å². The van der Waals surface area contributed by atoms with E-state index in [2.05, 4.69) is 32.5 Å². The van der Waals surface area contributed by atoms with Crippen molar-refractivity contribution in [2.24, 2.45) is 4.99 Å². The Morgan fingerprint density at radius 3 is 2.71 bits per heavy atom. The van der Waals surface area contributed by atoms with Gasteiger partial charge in [-0.3, -0.25) is 4.99 Å². The second-order valence-electron chi connectivity index (χ2n) is 6.77. The molecule has 0 amide bonds. The zero-order valence-electron chi connectivity index (χ0n) is 17.7. The normalized spacial score (nSPS) is 16.1. The smallest absolute Gasteiger partial charge is 0.195 e. The standard InChI is InChI=1S/C20H35N5O2.HI/c1-5-27-19-16-17(8-9-18(19)26-4)23-20(21-2)22-10-6-12-25-13-7-11-24(3)14-15-25;/h8-9,16H,5-7,10-15H2,1-4H3,(H2,21,22,23);1H. The molecule has 1 fully saturated rings. The molecule has 160 valence electrons. The molecule has 1 saturated heterocycles. The maximum absolute atomic E-state index is 5.63. The van der Waals surface area contributed by atoms with Crippen LogP contribution in [0.2, 0.25) is 0 Å². The zero-order chi connectivity index (χ0) is 19.5. The molecule has 0 radical (unpaired) electrons. The first-order valence-corrected chi connectivity index (χ1v) is 9.85. The lowest BCUT2D eigenvalue weighted by Crippen LogP contribution is -2.35. The summed E-state index contributed by atoms with van der Waals surface area (Å²) >= 11 is 0. The van der Waals surface area contributed by atoms with Crippen molar-refractivity contribution >= 4 is 35.6 Å². The van der Waals surface area contributed by atoms with Crippen molar-refractivity contribution in [2.45, 2.75) is 19.8 Å². The molecule has 0 atom stereocenters. The zero-order valence-corrected chi connectivity index (χ0v) is 20.0. The molecule has 1 heterocycles. The number of aliphatic imine (C=N–C) groups is 1. The van der Waals surface area contributed by atoms with E-state index in [0.29, 0.717) is 6.61 Å². The van der Waals surface area contributed by atoms with E-state index in [-0.39, 0.29) is 24.0 Å². The Morgan fingerprint density at radius 1 is 1.18 bits per heavy atom. The Bertz CT molecular complexity index is 600. The lowest BCUT2D eigenvalue weighted by molar-refractivity contribution is 0.274. The van der Waals surface area contributed by atoms with Gasteiger partial charge in [0, 0.05) is 38.4 Å². The number of halogens is 1. The van der Waals surface area contributed by atoms with E-state index >= 15 is 0 Å². The Labute approximate surface area is 186 Å². The van der Waals surface area contributed by atoms with Gasteiger partial charge in [-0.1, -0.05) is 0 Å². The van der Waals surface area contributed by atoms with Crippen molar-refractivity contribution in [2.75, 3.05) is 72.4 Å². The summed E-state index contributed by atoms with van der Waals surface area (Å²) in [5.74, 6) is 2.22. The highest BCUT2D eigenvalue weighted by atomic mass is 127. The van der Waals surface area contributed by atoms with Crippen molar-refractivity contribution in [3.8, 4) is 11.5 Å². The molecule has 0 unspecified atom stereocenters. The summed E-state index contributed by atoms with van der Waals surface area (Å²) in [6.07, 6.45) is 2.35. The van der Waals surface area contributed by atoms with Gasteiger partial charge in [-0.15, -0.1) is 24.0 Å². The number of hydrogen-bond acceptors (Lipinski definition) is 5. The van der Waals surface area contributed by atoms with Gasteiger partial charge in [0.05, 0.1) is 13.7 Å². The molecule has 0 spiro atoms. The molecule has 1 aromatic carbocycles. The number of nitrogens with zero attached hydrogens (tertiary/aromatic N) is 3. The molecule has 0 aliphatic carbocycles. The Kier molecular flexibility index (Phi) is 12.2. The summed E-state index contributed by atoms with van der Waals surface area (Å²) in [6.45, 7) is 9.29. The van der Waals surface area contributed by atoms with E-state index in [4.69, 9.17) is 9.47 Å². The highest BCUT2D eigenvalue weighted by molar-refractivity contribution is 14.0. The maximum Gasteiger partial charge on any atom is 0.195 e. The number of rotatable bonds is 8. The molecule has 1 aliphatic heterocycles. The van der Waals surface area contributed by atoms with Crippen LogP contribution in [0.1, 0.15) is 19.8 Å². The molecule has 1 aliphatic rings. The molecular weight excluding hydrogens is 469 g/mol. The SMILES string of the molecule is CCOc1cc(NC(=NC)NCCCN2CCCN(C)CC2)ccc1OC.I. The predicted molar refractivity (Wildman–Crippen MR) is 128 cm³/mol. The highest BCUT2D eigenvalue weighted by Crippen LogP contribution is 2.30. The van der Waals surface area contributed by atoms with Gasteiger partial charge >= 0.3 is 0 Å².